The summed E-state index contributed by atoms with van der Waals surface area (Å²) < 4.78 is 59.4. The highest BCUT2D eigenvalue weighted by molar-refractivity contribution is 6.00. The Hall–Kier alpha value is -3.29. The summed E-state index contributed by atoms with van der Waals surface area (Å²) in [6, 6.07) is 21.1. The van der Waals surface area contributed by atoms with Gasteiger partial charge < -0.3 is 19.1 Å². The van der Waals surface area contributed by atoms with Crippen LogP contribution in [0.25, 0.3) is 11.1 Å². The molecule has 0 bridgehead atoms. The van der Waals surface area contributed by atoms with Crippen LogP contribution >= 0.6 is 0 Å². The number of alkyl halides is 3. The van der Waals surface area contributed by atoms with Crippen molar-refractivity contribution in [3.63, 3.8) is 0 Å². The summed E-state index contributed by atoms with van der Waals surface area (Å²) in [4.78, 5) is 1.99. The molecule has 7 heteroatoms. The van der Waals surface area contributed by atoms with Crippen LogP contribution in [0, 0.1) is 0 Å². The lowest BCUT2D eigenvalue weighted by atomic mass is 9.89. The van der Waals surface area contributed by atoms with Gasteiger partial charge in [-0.2, -0.15) is 13.2 Å². The van der Waals surface area contributed by atoms with Gasteiger partial charge in [-0.3, -0.25) is 0 Å². The van der Waals surface area contributed by atoms with Crippen LogP contribution in [0.4, 0.5) is 13.2 Å². The fourth-order valence-corrected chi connectivity index (χ4v) is 3.42. The number of halogens is 3. The van der Waals surface area contributed by atoms with Crippen LogP contribution in [-0.4, -0.2) is 52.2 Å². The lowest BCUT2D eigenvalue weighted by Crippen LogP contribution is -2.19. The van der Waals surface area contributed by atoms with Gasteiger partial charge in [0.15, 0.2) is 6.79 Å². The van der Waals surface area contributed by atoms with Crippen molar-refractivity contribution in [1.29, 1.82) is 0 Å². The summed E-state index contributed by atoms with van der Waals surface area (Å²) in [5.74, 6) is 1.03. The lowest BCUT2D eigenvalue weighted by molar-refractivity contribution is -0.0685. The van der Waals surface area contributed by atoms with Crippen LogP contribution in [0.5, 0.6) is 11.5 Å². The van der Waals surface area contributed by atoms with Crippen LogP contribution in [0.15, 0.2) is 78.9 Å². The van der Waals surface area contributed by atoms with Gasteiger partial charge in [-0.05, 0) is 55.1 Å². The molecule has 0 radical (unpaired) electrons. The first kappa shape index (κ1) is 25.3. The molecule has 34 heavy (non-hydrogen) atoms. The summed E-state index contributed by atoms with van der Waals surface area (Å²) in [6.45, 7) is 1.23. The van der Waals surface area contributed by atoms with E-state index in [0.29, 0.717) is 29.2 Å². The van der Waals surface area contributed by atoms with Gasteiger partial charge in [-0.15, -0.1) is 0 Å². The molecule has 0 aliphatic carbocycles. The SMILES string of the molecule is COCOc1ccc(C(=C(c2ccccc2)c2ccc(OCCN(C)C)cc2)C(F)(F)F)cc1. The molecule has 3 rings (SSSR count). The Labute approximate surface area is 198 Å². The summed E-state index contributed by atoms with van der Waals surface area (Å²) in [6.07, 6.45) is -4.60. The quantitative estimate of drug-likeness (QED) is 0.263. The van der Waals surface area contributed by atoms with Crippen molar-refractivity contribution in [2.24, 2.45) is 0 Å². The minimum Gasteiger partial charge on any atom is -0.492 e. The summed E-state index contributed by atoms with van der Waals surface area (Å²) in [5.41, 5.74) is 0.327. The average molecular weight is 472 g/mol. The smallest absolute Gasteiger partial charge is 0.417 e. The molecule has 0 atom stereocenters. The Kier molecular flexibility index (Phi) is 8.73. The van der Waals surface area contributed by atoms with Gasteiger partial charge in [-0.1, -0.05) is 54.6 Å². The zero-order valence-corrected chi connectivity index (χ0v) is 19.4. The topological polar surface area (TPSA) is 30.9 Å². The van der Waals surface area contributed by atoms with E-state index in [4.69, 9.17) is 14.2 Å². The van der Waals surface area contributed by atoms with E-state index in [-0.39, 0.29) is 17.9 Å². The van der Waals surface area contributed by atoms with Crippen molar-refractivity contribution in [3.8, 4) is 11.5 Å². The molecule has 0 amide bonds. The predicted molar refractivity (Wildman–Crippen MR) is 128 cm³/mol. The van der Waals surface area contributed by atoms with E-state index in [1.807, 2.05) is 19.0 Å². The van der Waals surface area contributed by atoms with Gasteiger partial charge in [0.1, 0.15) is 18.1 Å². The second-order valence-corrected chi connectivity index (χ2v) is 7.87. The monoisotopic (exact) mass is 471 g/mol. The number of ether oxygens (including phenoxy) is 3. The third-order valence-corrected chi connectivity index (χ3v) is 5.03. The standard InChI is InChI=1S/C27H28F3NO3/c1-31(2)17-18-33-23-13-9-21(10-14-23)25(20-7-5-4-6-8-20)26(27(28,29)30)22-11-15-24(16-12-22)34-19-32-3/h4-16H,17-19H2,1-3H3. The van der Waals surface area contributed by atoms with Gasteiger partial charge in [0, 0.05) is 19.2 Å². The minimum absolute atomic E-state index is 0.0134. The highest BCUT2D eigenvalue weighted by atomic mass is 19.4. The highest BCUT2D eigenvalue weighted by Crippen LogP contribution is 2.43. The maximum absolute atomic E-state index is 14.5. The molecule has 180 valence electrons. The fraction of sp³-hybridized carbons (Fsp3) is 0.259. The summed E-state index contributed by atoms with van der Waals surface area (Å²) in [5, 5.41) is 0. The number of methoxy groups -OCH3 is 1. The molecular formula is C27H28F3NO3. The first-order chi connectivity index (χ1) is 16.3. The molecule has 0 unspecified atom stereocenters. The fourth-order valence-electron chi connectivity index (χ4n) is 3.42. The minimum atomic E-state index is -4.60. The predicted octanol–water partition coefficient (Wildman–Crippen LogP) is 6.13. The second-order valence-electron chi connectivity index (χ2n) is 7.87. The van der Waals surface area contributed by atoms with E-state index in [2.05, 4.69) is 0 Å². The molecule has 0 spiro atoms. The molecule has 0 aliphatic rings. The Morgan fingerprint density at radius 2 is 1.26 bits per heavy atom. The number of likely N-dealkylation sites (N-methyl/N-ethyl adjacent to an activating group) is 1. The van der Waals surface area contributed by atoms with Gasteiger partial charge in [0.25, 0.3) is 0 Å². The first-order valence-electron chi connectivity index (χ1n) is 10.8. The lowest BCUT2D eigenvalue weighted by Gasteiger charge is -2.20. The molecule has 0 N–H and O–H groups in total. The Morgan fingerprint density at radius 1 is 0.735 bits per heavy atom. The molecule has 4 nitrogen and oxygen atoms in total. The normalized spacial score (nSPS) is 12.4. The average Bonchev–Trinajstić information content (AvgIpc) is 2.82. The molecular weight excluding hydrogens is 443 g/mol. The van der Waals surface area contributed by atoms with Gasteiger partial charge in [0.05, 0.1) is 5.57 Å². The molecule has 0 saturated carbocycles. The van der Waals surface area contributed by atoms with E-state index < -0.39 is 11.7 Å². The van der Waals surface area contributed by atoms with E-state index in [9.17, 15) is 13.2 Å². The summed E-state index contributed by atoms with van der Waals surface area (Å²) in [7, 11) is 5.36. The van der Waals surface area contributed by atoms with E-state index >= 15 is 0 Å². The second kappa shape index (κ2) is 11.7. The van der Waals surface area contributed by atoms with E-state index in [0.717, 1.165) is 6.54 Å². The number of rotatable bonds is 10. The zero-order chi connectivity index (χ0) is 24.6. The maximum atomic E-state index is 14.5. The number of hydrogen-bond donors (Lipinski definition) is 0. The van der Waals surface area contributed by atoms with Crippen molar-refractivity contribution in [2.75, 3.05) is 41.1 Å². The molecule has 0 aliphatic heterocycles. The maximum Gasteiger partial charge on any atom is 0.417 e. The molecule has 3 aromatic carbocycles. The first-order valence-corrected chi connectivity index (χ1v) is 10.8. The van der Waals surface area contributed by atoms with Crippen molar-refractivity contribution in [1.82, 2.24) is 4.90 Å². The van der Waals surface area contributed by atoms with E-state index in [1.54, 1.807) is 54.6 Å². The van der Waals surface area contributed by atoms with Crippen LogP contribution in [0.1, 0.15) is 16.7 Å². The molecule has 3 aromatic rings. The molecule has 0 aromatic heterocycles. The number of allylic oxidation sites excluding steroid dienone is 1. The number of nitrogens with zero attached hydrogens (tertiary/aromatic N) is 1. The molecule has 0 saturated heterocycles. The highest BCUT2D eigenvalue weighted by Gasteiger charge is 2.38. The Bertz CT molecular complexity index is 1060. The molecule has 0 fully saturated rings. The third-order valence-electron chi connectivity index (χ3n) is 5.03. The third kappa shape index (κ3) is 6.85. The summed E-state index contributed by atoms with van der Waals surface area (Å²) >= 11 is 0. The van der Waals surface area contributed by atoms with Crippen LogP contribution < -0.4 is 9.47 Å². The van der Waals surface area contributed by atoms with Gasteiger partial charge in [-0.25, -0.2) is 0 Å². The van der Waals surface area contributed by atoms with Gasteiger partial charge in [0.2, 0.25) is 0 Å². The Morgan fingerprint density at radius 3 is 1.79 bits per heavy atom. The van der Waals surface area contributed by atoms with E-state index in [1.165, 1.54) is 31.4 Å². The van der Waals surface area contributed by atoms with Gasteiger partial charge >= 0.3 is 6.18 Å². The van der Waals surface area contributed by atoms with Crippen molar-refractivity contribution in [3.05, 3.63) is 95.6 Å². The van der Waals surface area contributed by atoms with Crippen molar-refractivity contribution < 1.29 is 27.4 Å². The van der Waals surface area contributed by atoms with Crippen molar-refractivity contribution >= 4 is 11.1 Å². The largest absolute Gasteiger partial charge is 0.492 e. The number of benzene rings is 3. The van der Waals surface area contributed by atoms with Crippen LogP contribution in [-0.2, 0) is 4.74 Å². The zero-order valence-electron chi connectivity index (χ0n) is 19.4. The van der Waals surface area contributed by atoms with Crippen molar-refractivity contribution in [2.45, 2.75) is 6.18 Å². The van der Waals surface area contributed by atoms with Crippen LogP contribution in [0.3, 0.4) is 0 Å². The number of hydrogen-bond acceptors (Lipinski definition) is 4. The molecule has 0 heterocycles. The van der Waals surface area contributed by atoms with Crippen LogP contribution in [0.2, 0.25) is 0 Å². The Balaban J connectivity index is 2.08.